The van der Waals surface area contributed by atoms with Crippen LogP contribution in [-0.2, 0) is 14.8 Å². The molecule has 0 aliphatic carbocycles. The number of sulfonamides is 1. The molecule has 2 aromatic rings. The zero-order chi connectivity index (χ0) is 15.6. The van der Waals surface area contributed by atoms with Crippen LogP contribution in [0.2, 0.25) is 0 Å². The Kier molecular flexibility index (Phi) is 4.33. The molecule has 0 atom stereocenters. The first-order chi connectivity index (χ1) is 9.86. The number of carbonyl (C=O) groups is 1. The van der Waals surface area contributed by atoms with Gasteiger partial charge in [-0.1, -0.05) is 0 Å². The minimum absolute atomic E-state index is 0.0886. The smallest absolute Gasteiger partial charge is 0.341 e. The molecule has 7 nitrogen and oxygen atoms in total. The van der Waals surface area contributed by atoms with Gasteiger partial charge in [0, 0.05) is 0 Å². The normalized spacial score (nSPS) is 11.4. The van der Waals surface area contributed by atoms with E-state index in [1.54, 1.807) is 26.2 Å². The van der Waals surface area contributed by atoms with Gasteiger partial charge >= 0.3 is 5.97 Å². The van der Waals surface area contributed by atoms with Crippen molar-refractivity contribution in [2.75, 3.05) is 11.3 Å². The second-order valence-corrected chi connectivity index (χ2v) is 6.79. The molecule has 114 valence electrons. The quantitative estimate of drug-likeness (QED) is 0.818. The molecule has 2 N–H and O–H groups in total. The van der Waals surface area contributed by atoms with Crippen molar-refractivity contribution in [2.24, 2.45) is 0 Å². The number of aromatic nitrogens is 2. The van der Waals surface area contributed by atoms with Crippen LogP contribution in [0.5, 0.6) is 0 Å². The lowest BCUT2D eigenvalue weighted by Crippen LogP contribution is -2.16. The molecule has 0 saturated carbocycles. The number of esters is 1. The monoisotopic (exact) mass is 329 g/mol. The van der Waals surface area contributed by atoms with Gasteiger partial charge in [-0.15, -0.1) is 11.3 Å². The van der Waals surface area contributed by atoms with Crippen LogP contribution in [0.1, 0.15) is 28.7 Å². The summed E-state index contributed by atoms with van der Waals surface area (Å²) in [6.07, 6.45) is 0. The lowest BCUT2D eigenvalue weighted by Gasteiger charge is -2.08. The Morgan fingerprint density at radius 1 is 1.48 bits per heavy atom. The van der Waals surface area contributed by atoms with Gasteiger partial charge in [-0.2, -0.15) is 5.10 Å². The Balaban J connectivity index is 2.35. The highest BCUT2D eigenvalue weighted by atomic mass is 32.2. The van der Waals surface area contributed by atoms with E-state index < -0.39 is 16.0 Å². The molecule has 0 amide bonds. The summed E-state index contributed by atoms with van der Waals surface area (Å²) in [5.41, 5.74) is 1.01. The number of carbonyl (C=O) groups excluding carboxylic acids is 1. The highest BCUT2D eigenvalue weighted by molar-refractivity contribution is 7.93. The summed E-state index contributed by atoms with van der Waals surface area (Å²) in [5, 5.41) is 8.34. The maximum atomic E-state index is 12.4. The Labute approximate surface area is 126 Å². The molecule has 0 spiro atoms. The van der Waals surface area contributed by atoms with E-state index in [4.69, 9.17) is 4.74 Å². The number of H-pyrrole nitrogens is 1. The van der Waals surface area contributed by atoms with Gasteiger partial charge in [0.1, 0.15) is 9.90 Å². The summed E-state index contributed by atoms with van der Waals surface area (Å²) >= 11 is 1.12. The third-order valence-electron chi connectivity index (χ3n) is 2.72. The fourth-order valence-corrected chi connectivity index (χ4v) is 4.35. The van der Waals surface area contributed by atoms with Gasteiger partial charge in [0.25, 0.3) is 10.0 Å². The number of rotatable bonds is 5. The van der Waals surface area contributed by atoms with Crippen LogP contribution in [0, 0.1) is 13.8 Å². The SMILES string of the molecule is CCOC(=O)c1ccsc1NS(=O)(=O)c1c(C)n[nH]c1C. The molecule has 21 heavy (non-hydrogen) atoms. The number of anilines is 1. The van der Waals surface area contributed by atoms with E-state index in [2.05, 4.69) is 14.9 Å². The van der Waals surface area contributed by atoms with Crippen LogP contribution in [0.15, 0.2) is 16.3 Å². The van der Waals surface area contributed by atoms with Crippen LogP contribution < -0.4 is 4.72 Å². The molecule has 0 aliphatic rings. The summed E-state index contributed by atoms with van der Waals surface area (Å²) in [7, 11) is -3.81. The first-order valence-corrected chi connectivity index (χ1v) is 8.52. The first kappa shape index (κ1) is 15.5. The number of thiophene rings is 1. The number of aryl methyl sites for hydroxylation is 2. The molecule has 9 heteroatoms. The van der Waals surface area contributed by atoms with Crippen LogP contribution in [0.25, 0.3) is 0 Å². The van der Waals surface area contributed by atoms with E-state index in [0.29, 0.717) is 11.4 Å². The zero-order valence-corrected chi connectivity index (χ0v) is 13.4. The Bertz CT molecular complexity index is 742. The van der Waals surface area contributed by atoms with Gasteiger partial charge < -0.3 is 4.74 Å². The average molecular weight is 329 g/mol. The summed E-state index contributed by atoms with van der Waals surface area (Å²) < 4.78 is 32.2. The standard InChI is InChI=1S/C12H15N3O4S2/c1-4-19-12(16)9-5-6-20-11(9)15-21(17,18)10-7(2)13-14-8(10)3/h5-6,15H,4H2,1-3H3,(H,13,14). The summed E-state index contributed by atoms with van der Waals surface area (Å²) in [6, 6.07) is 1.52. The Hall–Kier alpha value is -1.87. The molecule has 0 fully saturated rings. The van der Waals surface area contributed by atoms with Crippen molar-refractivity contribution in [1.29, 1.82) is 0 Å². The van der Waals surface area contributed by atoms with Gasteiger partial charge in [0.05, 0.1) is 23.6 Å². The van der Waals surface area contributed by atoms with Crippen LogP contribution in [0.3, 0.4) is 0 Å². The molecule has 0 bridgehead atoms. The lowest BCUT2D eigenvalue weighted by molar-refractivity contribution is 0.0528. The van der Waals surface area contributed by atoms with Gasteiger partial charge in [-0.25, -0.2) is 13.2 Å². The molecular weight excluding hydrogens is 314 g/mol. The fraction of sp³-hybridized carbons (Fsp3) is 0.333. The third kappa shape index (κ3) is 3.08. The van der Waals surface area contributed by atoms with Crippen molar-refractivity contribution >= 4 is 32.3 Å². The molecule has 0 saturated heterocycles. The number of hydrogen-bond donors (Lipinski definition) is 2. The molecular formula is C12H15N3O4S2. The van der Waals surface area contributed by atoms with E-state index in [-0.39, 0.29) is 22.1 Å². The van der Waals surface area contributed by atoms with Crippen molar-refractivity contribution in [3.05, 3.63) is 28.4 Å². The van der Waals surface area contributed by atoms with Crippen molar-refractivity contribution < 1.29 is 17.9 Å². The average Bonchev–Trinajstić information content (AvgIpc) is 2.96. The largest absolute Gasteiger partial charge is 0.462 e. The molecule has 0 radical (unpaired) electrons. The van der Waals surface area contributed by atoms with E-state index >= 15 is 0 Å². The lowest BCUT2D eigenvalue weighted by atomic mass is 10.3. The summed E-state index contributed by atoms with van der Waals surface area (Å²) in [5.74, 6) is -0.558. The predicted molar refractivity (Wildman–Crippen MR) is 79.1 cm³/mol. The molecule has 0 unspecified atom stereocenters. The maximum absolute atomic E-state index is 12.4. The van der Waals surface area contributed by atoms with Gasteiger partial charge in [0.15, 0.2) is 0 Å². The maximum Gasteiger partial charge on any atom is 0.341 e. The molecule has 2 aromatic heterocycles. The number of ether oxygens (including phenoxy) is 1. The minimum Gasteiger partial charge on any atom is -0.462 e. The highest BCUT2D eigenvalue weighted by Gasteiger charge is 2.25. The summed E-state index contributed by atoms with van der Waals surface area (Å²) in [4.78, 5) is 11.9. The topological polar surface area (TPSA) is 101 Å². The highest BCUT2D eigenvalue weighted by Crippen LogP contribution is 2.28. The molecule has 2 rings (SSSR count). The number of aromatic amines is 1. The number of hydrogen-bond acceptors (Lipinski definition) is 6. The second-order valence-electron chi connectivity index (χ2n) is 4.25. The third-order valence-corrected chi connectivity index (χ3v) is 5.29. The van der Waals surface area contributed by atoms with Gasteiger partial charge in [-0.3, -0.25) is 9.82 Å². The van der Waals surface area contributed by atoms with Crippen LogP contribution >= 0.6 is 11.3 Å². The van der Waals surface area contributed by atoms with E-state index in [0.717, 1.165) is 11.3 Å². The zero-order valence-electron chi connectivity index (χ0n) is 11.8. The van der Waals surface area contributed by atoms with Gasteiger partial charge in [-0.05, 0) is 32.2 Å². The Morgan fingerprint density at radius 2 is 2.19 bits per heavy atom. The van der Waals surface area contributed by atoms with E-state index in [1.165, 1.54) is 6.07 Å². The van der Waals surface area contributed by atoms with Crippen molar-refractivity contribution in [3.8, 4) is 0 Å². The van der Waals surface area contributed by atoms with Crippen LogP contribution in [0.4, 0.5) is 5.00 Å². The first-order valence-electron chi connectivity index (χ1n) is 6.15. The van der Waals surface area contributed by atoms with Crippen molar-refractivity contribution in [2.45, 2.75) is 25.7 Å². The van der Waals surface area contributed by atoms with E-state index in [9.17, 15) is 13.2 Å². The van der Waals surface area contributed by atoms with Crippen LogP contribution in [-0.4, -0.2) is 31.2 Å². The fourth-order valence-electron chi connectivity index (χ4n) is 1.87. The number of nitrogens with one attached hydrogen (secondary N) is 2. The van der Waals surface area contributed by atoms with E-state index in [1.807, 2.05) is 0 Å². The Morgan fingerprint density at radius 3 is 2.76 bits per heavy atom. The predicted octanol–water partition coefficient (Wildman–Crippen LogP) is 2.07. The summed E-state index contributed by atoms with van der Waals surface area (Å²) in [6.45, 7) is 5.13. The molecule has 2 heterocycles. The molecule has 0 aliphatic heterocycles. The second kappa shape index (κ2) is 5.86. The molecule has 0 aromatic carbocycles. The van der Waals surface area contributed by atoms with Crippen molar-refractivity contribution in [3.63, 3.8) is 0 Å². The van der Waals surface area contributed by atoms with Gasteiger partial charge in [0.2, 0.25) is 0 Å². The van der Waals surface area contributed by atoms with Crippen molar-refractivity contribution in [1.82, 2.24) is 10.2 Å². The number of nitrogens with zero attached hydrogens (tertiary/aromatic N) is 1. The minimum atomic E-state index is -3.81.